The number of nitrogens with one attached hydrogen (secondary N) is 1. The molecule has 44 heavy (non-hydrogen) atoms. The van der Waals surface area contributed by atoms with Crippen LogP contribution >= 0.6 is 0 Å². The summed E-state index contributed by atoms with van der Waals surface area (Å²) in [6, 6.07) is 18.8. The Morgan fingerprint density at radius 3 is 2.07 bits per heavy atom. The Balaban J connectivity index is 1.85. The molecule has 0 aliphatic carbocycles. The Hall–Kier alpha value is -4.41. The van der Waals surface area contributed by atoms with E-state index >= 15 is 0 Å². The van der Waals surface area contributed by atoms with Crippen molar-refractivity contribution in [2.24, 2.45) is 11.5 Å². The van der Waals surface area contributed by atoms with Crippen LogP contribution in [0.1, 0.15) is 68.9 Å². The highest BCUT2D eigenvalue weighted by atomic mass is 16.5. The van der Waals surface area contributed by atoms with E-state index in [1.807, 2.05) is 62.4 Å². The molecule has 0 fully saturated rings. The van der Waals surface area contributed by atoms with Gasteiger partial charge in [0.15, 0.2) is 0 Å². The minimum Gasteiger partial charge on any atom is -0.497 e. The number of carbonyl (C=O) groups is 3. The number of amides is 2. The summed E-state index contributed by atoms with van der Waals surface area (Å²) >= 11 is 0. The monoisotopic (exact) mass is 604 g/mol. The molecule has 5 N–H and O–H groups in total. The highest BCUT2D eigenvalue weighted by molar-refractivity contribution is 6.03. The molecule has 0 aliphatic rings. The van der Waals surface area contributed by atoms with Crippen molar-refractivity contribution in [2.45, 2.75) is 51.8 Å². The van der Waals surface area contributed by atoms with E-state index in [9.17, 15) is 14.4 Å². The summed E-state index contributed by atoms with van der Waals surface area (Å²) in [4.78, 5) is 40.8. The molecule has 3 rings (SSSR count). The van der Waals surface area contributed by atoms with Gasteiger partial charge in [-0.1, -0.05) is 38.1 Å². The van der Waals surface area contributed by atoms with Crippen molar-refractivity contribution in [3.05, 3.63) is 94.5 Å². The van der Waals surface area contributed by atoms with Crippen LogP contribution in [0.3, 0.4) is 0 Å². The second-order valence-electron chi connectivity index (χ2n) is 10.6. The van der Waals surface area contributed by atoms with Crippen molar-refractivity contribution in [1.29, 1.82) is 0 Å². The van der Waals surface area contributed by atoms with Crippen LogP contribution < -0.4 is 26.3 Å². The van der Waals surface area contributed by atoms with Crippen molar-refractivity contribution in [1.82, 2.24) is 10.2 Å². The van der Waals surface area contributed by atoms with Gasteiger partial charge in [0.25, 0.3) is 5.91 Å². The molecule has 2 unspecified atom stereocenters. The van der Waals surface area contributed by atoms with E-state index in [2.05, 4.69) is 5.32 Å². The molecule has 0 bridgehead atoms. The number of rotatable bonds is 17. The topological polar surface area (TPSA) is 146 Å². The Kier molecular flexibility index (Phi) is 13.2. The summed E-state index contributed by atoms with van der Waals surface area (Å²) < 4.78 is 16.5. The summed E-state index contributed by atoms with van der Waals surface area (Å²) in [7, 11) is 3.21. The third-order valence-electron chi connectivity index (χ3n) is 7.15. The molecule has 10 nitrogen and oxygen atoms in total. The molecular weight excluding hydrogens is 560 g/mol. The fourth-order valence-electron chi connectivity index (χ4n) is 4.84. The maximum absolute atomic E-state index is 13.6. The number of carbonyl (C=O) groups excluding carboxylic acids is 3. The number of hydrogen-bond acceptors (Lipinski definition) is 8. The van der Waals surface area contributed by atoms with Crippen molar-refractivity contribution >= 4 is 17.8 Å². The zero-order valence-corrected chi connectivity index (χ0v) is 26.0. The molecule has 3 aromatic carbocycles. The normalized spacial score (nSPS) is 12.2. The molecule has 2 atom stereocenters. The van der Waals surface area contributed by atoms with Crippen molar-refractivity contribution in [3.8, 4) is 11.5 Å². The molecule has 236 valence electrons. The van der Waals surface area contributed by atoms with Crippen LogP contribution in [0.25, 0.3) is 0 Å². The van der Waals surface area contributed by atoms with Gasteiger partial charge in [-0.25, -0.2) is 4.79 Å². The summed E-state index contributed by atoms with van der Waals surface area (Å²) in [6.45, 7) is 5.80. The van der Waals surface area contributed by atoms with Crippen molar-refractivity contribution in [2.75, 3.05) is 33.9 Å². The number of ether oxygens (including phenoxy) is 3. The van der Waals surface area contributed by atoms with E-state index < -0.39 is 24.0 Å². The van der Waals surface area contributed by atoms with Crippen LogP contribution in [-0.4, -0.2) is 68.7 Å². The quantitative estimate of drug-likeness (QED) is 0.196. The number of benzene rings is 3. The minimum atomic E-state index is -0.751. The fourth-order valence-corrected chi connectivity index (χ4v) is 4.84. The molecule has 0 spiro atoms. The lowest BCUT2D eigenvalue weighted by molar-refractivity contribution is 0.0238. The molecule has 3 aromatic rings. The standard InChI is InChI=1S/C34H44N4O6/c1-5-14-38(15-6-2)33(40)26-18-25(32(36)39)19-27(20-26)34(41)44-31(22-37-21-24-8-7-9-29(16-24)43-4)30(35)17-23-10-12-28(42-3)13-11-23/h7-13,16,18-20,30-31,37H,5-6,14-15,17,21-22,35H2,1-4H3,(H2,36,39). The Morgan fingerprint density at radius 1 is 0.818 bits per heavy atom. The van der Waals surface area contributed by atoms with Gasteiger partial charge in [-0.3, -0.25) is 9.59 Å². The van der Waals surface area contributed by atoms with Crippen LogP contribution in [0.4, 0.5) is 0 Å². The number of primary amides is 1. The van der Waals surface area contributed by atoms with Gasteiger partial charge in [0.1, 0.15) is 17.6 Å². The molecule has 0 saturated carbocycles. The summed E-state index contributed by atoms with van der Waals surface area (Å²) in [5.74, 6) is -0.281. The van der Waals surface area contributed by atoms with Gasteiger partial charge in [0.2, 0.25) is 5.91 Å². The van der Waals surface area contributed by atoms with E-state index in [1.54, 1.807) is 19.1 Å². The molecule has 2 amide bonds. The summed E-state index contributed by atoms with van der Waals surface area (Å²) in [5, 5.41) is 3.33. The smallest absolute Gasteiger partial charge is 0.338 e. The molecule has 0 heterocycles. The molecular formula is C34H44N4O6. The van der Waals surface area contributed by atoms with Crippen LogP contribution in [0.5, 0.6) is 11.5 Å². The number of esters is 1. The first-order valence-corrected chi connectivity index (χ1v) is 14.9. The number of hydrogen-bond donors (Lipinski definition) is 3. The van der Waals surface area contributed by atoms with Gasteiger partial charge in [-0.2, -0.15) is 0 Å². The second kappa shape index (κ2) is 17.0. The second-order valence-corrected chi connectivity index (χ2v) is 10.6. The van der Waals surface area contributed by atoms with Crippen LogP contribution in [0, 0.1) is 0 Å². The number of nitrogens with zero attached hydrogens (tertiary/aromatic N) is 1. The van der Waals surface area contributed by atoms with E-state index in [1.165, 1.54) is 18.2 Å². The predicted octanol–water partition coefficient (Wildman–Crippen LogP) is 3.95. The number of methoxy groups -OCH3 is 2. The molecule has 0 radical (unpaired) electrons. The lowest BCUT2D eigenvalue weighted by Crippen LogP contribution is -2.46. The third kappa shape index (κ3) is 9.82. The lowest BCUT2D eigenvalue weighted by atomic mass is 10.0. The number of nitrogens with two attached hydrogens (primary N) is 2. The van der Waals surface area contributed by atoms with Gasteiger partial charge in [0.05, 0.1) is 19.8 Å². The molecule has 0 saturated heterocycles. The van der Waals surface area contributed by atoms with E-state index in [-0.39, 0.29) is 29.1 Å². The average Bonchev–Trinajstić information content (AvgIpc) is 3.03. The van der Waals surface area contributed by atoms with Crippen molar-refractivity contribution in [3.63, 3.8) is 0 Å². The van der Waals surface area contributed by atoms with Gasteiger partial charge in [-0.05, 0) is 72.9 Å². The average molecular weight is 605 g/mol. The van der Waals surface area contributed by atoms with E-state index in [0.29, 0.717) is 26.1 Å². The first-order chi connectivity index (χ1) is 21.2. The SMILES string of the molecule is CCCN(CCC)C(=O)c1cc(C(N)=O)cc(C(=O)OC(CNCc2cccc(OC)c2)C(N)Cc2ccc(OC)cc2)c1. The largest absolute Gasteiger partial charge is 0.497 e. The minimum absolute atomic E-state index is 0.0472. The molecule has 0 aliphatic heterocycles. The summed E-state index contributed by atoms with van der Waals surface area (Å²) in [6.07, 6.45) is 1.22. The van der Waals surface area contributed by atoms with E-state index in [0.717, 1.165) is 35.5 Å². The zero-order valence-electron chi connectivity index (χ0n) is 26.0. The van der Waals surface area contributed by atoms with Gasteiger partial charge < -0.3 is 35.9 Å². The van der Waals surface area contributed by atoms with E-state index in [4.69, 9.17) is 25.7 Å². The fraction of sp³-hybridized carbons (Fsp3) is 0.382. The van der Waals surface area contributed by atoms with Crippen LogP contribution in [0.2, 0.25) is 0 Å². The predicted molar refractivity (Wildman–Crippen MR) is 170 cm³/mol. The third-order valence-corrected chi connectivity index (χ3v) is 7.15. The first-order valence-electron chi connectivity index (χ1n) is 14.9. The zero-order chi connectivity index (χ0) is 32.1. The maximum Gasteiger partial charge on any atom is 0.338 e. The van der Waals surface area contributed by atoms with Gasteiger partial charge in [0, 0.05) is 43.3 Å². The van der Waals surface area contributed by atoms with Gasteiger partial charge in [-0.15, -0.1) is 0 Å². The molecule has 0 aromatic heterocycles. The highest BCUT2D eigenvalue weighted by Gasteiger charge is 2.25. The first kappa shape index (κ1) is 34.1. The highest BCUT2D eigenvalue weighted by Crippen LogP contribution is 2.18. The van der Waals surface area contributed by atoms with Crippen LogP contribution in [-0.2, 0) is 17.7 Å². The Bertz CT molecular complexity index is 1390. The Labute approximate surface area is 259 Å². The van der Waals surface area contributed by atoms with Gasteiger partial charge >= 0.3 is 5.97 Å². The lowest BCUT2D eigenvalue weighted by Gasteiger charge is -2.25. The molecule has 10 heteroatoms. The maximum atomic E-state index is 13.6. The Morgan fingerprint density at radius 2 is 1.45 bits per heavy atom. The van der Waals surface area contributed by atoms with Crippen molar-refractivity contribution < 1.29 is 28.6 Å². The summed E-state index contributed by atoms with van der Waals surface area (Å²) in [5.41, 5.74) is 14.4. The van der Waals surface area contributed by atoms with Crippen LogP contribution in [0.15, 0.2) is 66.7 Å².